The lowest BCUT2D eigenvalue weighted by Gasteiger charge is -2.30. The number of carbonyl (C=O) groups is 1. The maximum Gasteiger partial charge on any atom is 0.338 e. The van der Waals surface area contributed by atoms with E-state index in [1.54, 1.807) is 12.1 Å². The van der Waals surface area contributed by atoms with Crippen LogP contribution in [0.25, 0.3) is 11.0 Å². The van der Waals surface area contributed by atoms with Crippen LogP contribution in [0.4, 0.5) is 11.4 Å². The molecular formula is C23H22Cl2N2O7. The van der Waals surface area contributed by atoms with Crippen molar-refractivity contribution < 1.29 is 28.2 Å². The summed E-state index contributed by atoms with van der Waals surface area (Å²) in [5.41, 5.74) is 0.353. The summed E-state index contributed by atoms with van der Waals surface area (Å²) in [5, 5.41) is 4.19. The minimum atomic E-state index is -0.653. The lowest BCUT2D eigenvalue weighted by molar-refractivity contribution is -0.172. The van der Waals surface area contributed by atoms with Gasteiger partial charge in [-0.2, -0.15) is 0 Å². The Morgan fingerprint density at radius 2 is 2.00 bits per heavy atom. The van der Waals surface area contributed by atoms with Crippen molar-refractivity contribution in [2.24, 2.45) is 0 Å². The predicted octanol–water partition coefficient (Wildman–Crippen LogP) is 5.08. The van der Waals surface area contributed by atoms with Gasteiger partial charge in [-0.05, 0) is 25.0 Å². The van der Waals surface area contributed by atoms with E-state index in [1.807, 2.05) is 0 Å². The zero-order valence-corrected chi connectivity index (χ0v) is 19.9. The fourth-order valence-electron chi connectivity index (χ4n) is 3.64. The molecule has 1 fully saturated rings. The molecule has 1 aromatic carbocycles. The summed E-state index contributed by atoms with van der Waals surface area (Å²) in [4.78, 5) is 27.5. The number of nitrogens with zero attached hydrogens (tertiary/aromatic N) is 1. The van der Waals surface area contributed by atoms with Crippen LogP contribution in [0, 0.1) is 0 Å². The summed E-state index contributed by atoms with van der Waals surface area (Å²) >= 11 is 12.5. The summed E-state index contributed by atoms with van der Waals surface area (Å²) in [6.07, 6.45) is 4.06. The average Bonchev–Trinajstić information content (AvgIpc) is 2.80. The highest BCUT2D eigenvalue weighted by Crippen LogP contribution is 2.41. The molecule has 0 saturated carbocycles. The fourth-order valence-corrected chi connectivity index (χ4v) is 4.10. The van der Waals surface area contributed by atoms with Crippen LogP contribution in [0.1, 0.15) is 26.2 Å². The molecule has 0 aliphatic carbocycles. The van der Waals surface area contributed by atoms with E-state index in [9.17, 15) is 9.59 Å². The van der Waals surface area contributed by atoms with Gasteiger partial charge in [0.25, 0.3) is 0 Å². The number of carbonyl (C=O) groups excluding carboxylic acids is 1. The number of rotatable bonds is 7. The molecule has 0 unspecified atom stereocenters. The molecule has 0 amide bonds. The number of aromatic nitrogens is 1. The maximum absolute atomic E-state index is 12.4. The summed E-state index contributed by atoms with van der Waals surface area (Å²) in [5.74, 6) is 0.197. The van der Waals surface area contributed by atoms with Crippen LogP contribution in [0.2, 0.25) is 10.0 Å². The van der Waals surface area contributed by atoms with E-state index in [0.29, 0.717) is 28.9 Å². The molecule has 0 radical (unpaired) electrons. The summed E-state index contributed by atoms with van der Waals surface area (Å²) in [6, 6.07) is 4.70. The molecule has 1 N–H and O–H groups in total. The van der Waals surface area contributed by atoms with Gasteiger partial charge in [0, 0.05) is 37.2 Å². The van der Waals surface area contributed by atoms with E-state index in [-0.39, 0.29) is 40.1 Å². The predicted molar refractivity (Wildman–Crippen MR) is 126 cm³/mol. The molecule has 180 valence electrons. The first-order valence-corrected chi connectivity index (χ1v) is 11.3. The largest absolute Gasteiger partial charge is 0.493 e. The number of esters is 1. The van der Waals surface area contributed by atoms with Gasteiger partial charge in [0.2, 0.25) is 12.0 Å². The summed E-state index contributed by atoms with van der Waals surface area (Å²) < 4.78 is 28.1. The van der Waals surface area contributed by atoms with Crippen LogP contribution < -0.4 is 20.4 Å². The van der Waals surface area contributed by atoms with E-state index in [4.69, 9.17) is 46.6 Å². The lowest BCUT2D eigenvalue weighted by Crippen LogP contribution is -2.35. The number of anilines is 2. The zero-order valence-electron chi connectivity index (χ0n) is 18.4. The Hall–Kier alpha value is -3.01. The van der Waals surface area contributed by atoms with Crippen molar-refractivity contribution in [2.45, 2.75) is 38.6 Å². The van der Waals surface area contributed by atoms with Crippen LogP contribution in [-0.4, -0.2) is 37.1 Å². The first-order valence-electron chi connectivity index (χ1n) is 10.5. The first-order chi connectivity index (χ1) is 16.4. The Labute approximate surface area is 204 Å². The van der Waals surface area contributed by atoms with Crippen LogP contribution in [0.15, 0.2) is 39.8 Å². The molecule has 1 aliphatic heterocycles. The highest BCUT2D eigenvalue weighted by atomic mass is 35.5. The third kappa shape index (κ3) is 5.38. The normalized spacial score (nSPS) is 17.9. The van der Waals surface area contributed by atoms with Gasteiger partial charge in [0.1, 0.15) is 6.61 Å². The van der Waals surface area contributed by atoms with Crippen LogP contribution in [0.5, 0.6) is 11.5 Å². The van der Waals surface area contributed by atoms with Gasteiger partial charge in [-0.3, -0.25) is 9.78 Å². The summed E-state index contributed by atoms with van der Waals surface area (Å²) in [7, 11) is 1.48. The molecule has 4 rings (SSSR count). The average molecular weight is 509 g/mol. The van der Waals surface area contributed by atoms with Crippen LogP contribution in [-0.2, 0) is 14.3 Å². The second kappa shape index (κ2) is 10.5. The minimum absolute atomic E-state index is 0.137. The third-order valence-corrected chi connectivity index (χ3v) is 5.77. The topological polar surface area (TPSA) is 109 Å². The second-order valence-electron chi connectivity index (χ2n) is 7.59. The number of hydrogen-bond donors (Lipinski definition) is 1. The fraction of sp³-hybridized carbons (Fsp3) is 0.348. The van der Waals surface area contributed by atoms with Gasteiger partial charge >= 0.3 is 11.6 Å². The number of hydrogen-bond acceptors (Lipinski definition) is 9. The minimum Gasteiger partial charge on any atom is -0.493 e. The molecule has 0 spiro atoms. The molecule has 9 nitrogen and oxygen atoms in total. The molecule has 0 bridgehead atoms. The highest BCUT2D eigenvalue weighted by molar-refractivity contribution is 6.39. The van der Waals surface area contributed by atoms with Crippen molar-refractivity contribution >= 4 is 51.5 Å². The van der Waals surface area contributed by atoms with Gasteiger partial charge in [-0.15, -0.1) is 0 Å². The number of nitrogens with one attached hydrogen (secondary N) is 1. The highest BCUT2D eigenvalue weighted by Gasteiger charge is 2.27. The SMILES string of the molecule is COc1ccc2c(Nc3c(Cl)cncc3Cl)cc(=O)oc2c1O[C@H]1CCC[C@H](COC(C)=O)O1. The van der Waals surface area contributed by atoms with Gasteiger partial charge in [-0.25, -0.2) is 4.79 Å². The Morgan fingerprint density at radius 3 is 2.71 bits per heavy atom. The Kier molecular flexibility index (Phi) is 7.45. The molecule has 1 saturated heterocycles. The molecule has 3 heterocycles. The van der Waals surface area contributed by atoms with Crippen molar-refractivity contribution in [3.05, 3.63) is 51.1 Å². The third-order valence-electron chi connectivity index (χ3n) is 5.20. The lowest BCUT2D eigenvalue weighted by atomic mass is 10.1. The standard InChI is InChI=1S/C23H22Cl2N2O7/c1-12(28)31-11-13-4-3-5-20(32-13)34-23-18(30-2)7-6-14-17(8-19(29)33-22(14)23)27-21-15(24)9-26-10-16(21)25/h6-10,13,20H,3-5,11H2,1-2H3,(H,26,27)/t13-,20+/m1/s1. The van der Waals surface area contributed by atoms with Gasteiger partial charge in [-0.1, -0.05) is 23.2 Å². The molecule has 2 atom stereocenters. The van der Waals surface area contributed by atoms with E-state index >= 15 is 0 Å². The van der Waals surface area contributed by atoms with Crippen molar-refractivity contribution in [1.82, 2.24) is 4.98 Å². The molecular weight excluding hydrogens is 487 g/mol. The Bertz CT molecular complexity index is 1240. The van der Waals surface area contributed by atoms with Crippen molar-refractivity contribution in [2.75, 3.05) is 19.0 Å². The Balaban J connectivity index is 1.69. The number of fused-ring (bicyclic) bond motifs is 1. The van der Waals surface area contributed by atoms with E-state index in [1.165, 1.54) is 32.5 Å². The zero-order chi connectivity index (χ0) is 24.2. The van der Waals surface area contributed by atoms with Gasteiger partial charge in [0.15, 0.2) is 11.3 Å². The maximum atomic E-state index is 12.4. The van der Waals surface area contributed by atoms with Gasteiger partial charge in [0.05, 0.1) is 34.6 Å². The number of methoxy groups -OCH3 is 1. The molecule has 11 heteroatoms. The molecule has 2 aromatic heterocycles. The second-order valence-corrected chi connectivity index (χ2v) is 8.41. The van der Waals surface area contributed by atoms with Crippen molar-refractivity contribution in [3.63, 3.8) is 0 Å². The van der Waals surface area contributed by atoms with Crippen molar-refractivity contribution in [3.8, 4) is 11.5 Å². The number of benzene rings is 1. The first kappa shape index (κ1) is 24.1. The smallest absolute Gasteiger partial charge is 0.338 e. The van der Waals surface area contributed by atoms with Gasteiger partial charge < -0.3 is 28.7 Å². The van der Waals surface area contributed by atoms with Crippen LogP contribution in [0.3, 0.4) is 0 Å². The number of ether oxygens (including phenoxy) is 4. The quantitative estimate of drug-likeness (QED) is 0.344. The molecule has 1 aliphatic rings. The van der Waals surface area contributed by atoms with E-state index in [0.717, 1.165) is 12.8 Å². The molecule has 34 heavy (non-hydrogen) atoms. The summed E-state index contributed by atoms with van der Waals surface area (Å²) in [6.45, 7) is 1.48. The van der Waals surface area contributed by atoms with E-state index < -0.39 is 11.9 Å². The van der Waals surface area contributed by atoms with E-state index in [2.05, 4.69) is 10.3 Å². The van der Waals surface area contributed by atoms with Crippen LogP contribution >= 0.6 is 23.2 Å². The Morgan fingerprint density at radius 1 is 1.24 bits per heavy atom. The monoisotopic (exact) mass is 508 g/mol. The number of halogens is 2. The van der Waals surface area contributed by atoms with Crippen molar-refractivity contribution in [1.29, 1.82) is 0 Å². The number of pyridine rings is 1. The molecule has 3 aromatic rings.